The number of hydrogen-bond acceptors (Lipinski definition) is 5. The smallest absolute Gasteiger partial charge is 0.264 e. The summed E-state index contributed by atoms with van der Waals surface area (Å²) >= 11 is 1.41. The summed E-state index contributed by atoms with van der Waals surface area (Å²) in [6.45, 7) is 6.05. The van der Waals surface area contributed by atoms with Crippen LogP contribution in [0.5, 0.6) is 5.75 Å². The van der Waals surface area contributed by atoms with Crippen LogP contribution in [0.3, 0.4) is 0 Å². The fraction of sp³-hybridized carbons (Fsp3) is 0.250. The standard InChI is InChI=1S/C20H21N3O2S/c1-13(2)15-8-4-5-10-17(15)25-12-18(24)23-20-22-14(3)19(26-20)16-9-6-7-11-21-16/h4-11,13H,12H2,1-3H3,(H,22,23,24). The molecule has 1 amide bonds. The SMILES string of the molecule is Cc1nc(NC(=O)COc2ccccc2C(C)C)sc1-c1ccccn1. The Morgan fingerprint density at radius 1 is 1.19 bits per heavy atom. The van der Waals surface area contributed by atoms with Crippen molar-refractivity contribution in [2.75, 3.05) is 11.9 Å². The van der Waals surface area contributed by atoms with Gasteiger partial charge in [0.15, 0.2) is 11.7 Å². The molecular weight excluding hydrogens is 346 g/mol. The number of carbonyl (C=O) groups excluding carboxylic acids is 1. The van der Waals surface area contributed by atoms with Gasteiger partial charge in [-0.25, -0.2) is 4.98 Å². The van der Waals surface area contributed by atoms with Crippen molar-refractivity contribution in [3.05, 3.63) is 59.9 Å². The van der Waals surface area contributed by atoms with E-state index in [1.165, 1.54) is 11.3 Å². The Balaban J connectivity index is 1.65. The second kappa shape index (κ2) is 8.10. The highest BCUT2D eigenvalue weighted by Gasteiger charge is 2.14. The highest BCUT2D eigenvalue weighted by atomic mass is 32.1. The molecule has 0 spiro atoms. The Morgan fingerprint density at radius 2 is 1.96 bits per heavy atom. The molecule has 0 aliphatic carbocycles. The zero-order valence-corrected chi connectivity index (χ0v) is 15.8. The summed E-state index contributed by atoms with van der Waals surface area (Å²) in [5.74, 6) is 0.837. The lowest BCUT2D eigenvalue weighted by Gasteiger charge is -2.13. The van der Waals surface area contributed by atoms with Gasteiger partial charge in [0.1, 0.15) is 5.75 Å². The number of pyridine rings is 1. The Kier molecular flexibility index (Phi) is 5.63. The molecular formula is C20H21N3O2S. The lowest BCUT2D eigenvalue weighted by molar-refractivity contribution is -0.118. The molecule has 0 saturated carbocycles. The fourth-order valence-corrected chi connectivity index (χ4v) is 3.53. The Bertz CT molecular complexity index is 891. The molecule has 3 rings (SSSR count). The van der Waals surface area contributed by atoms with E-state index in [-0.39, 0.29) is 12.5 Å². The molecule has 0 unspecified atom stereocenters. The van der Waals surface area contributed by atoms with Crippen LogP contribution in [-0.4, -0.2) is 22.5 Å². The minimum Gasteiger partial charge on any atom is -0.483 e. The second-order valence-corrected chi connectivity index (χ2v) is 7.18. The number of rotatable bonds is 6. The van der Waals surface area contributed by atoms with Crippen LogP contribution in [0.4, 0.5) is 5.13 Å². The summed E-state index contributed by atoms with van der Waals surface area (Å²) in [4.78, 5) is 21.9. The fourth-order valence-electron chi connectivity index (χ4n) is 2.57. The number of aromatic nitrogens is 2. The van der Waals surface area contributed by atoms with Gasteiger partial charge in [-0.2, -0.15) is 0 Å². The molecule has 6 heteroatoms. The molecule has 0 bridgehead atoms. The number of thiazole rings is 1. The first-order chi connectivity index (χ1) is 12.5. The lowest BCUT2D eigenvalue weighted by atomic mass is 10.0. The largest absolute Gasteiger partial charge is 0.483 e. The lowest BCUT2D eigenvalue weighted by Crippen LogP contribution is -2.20. The number of hydrogen-bond donors (Lipinski definition) is 1. The van der Waals surface area contributed by atoms with Gasteiger partial charge in [-0.05, 0) is 36.6 Å². The minimum absolute atomic E-state index is 0.0543. The van der Waals surface area contributed by atoms with Crippen LogP contribution < -0.4 is 10.1 Å². The van der Waals surface area contributed by atoms with E-state index in [2.05, 4.69) is 29.1 Å². The van der Waals surface area contributed by atoms with E-state index in [4.69, 9.17) is 4.74 Å². The maximum Gasteiger partial charge on any atom is 0.264 e. The summed E-state index contributed by atoms with van der Waals surface area (Å²) in [7, 11) is 0. The maximum atomic E-state index is 12.2. The number of nitrogens with one attached hydrogen (secondary N) is 1. The first-order valence-electron chi connectivity index (χ1n) is 8.45. The van der Waals surface area contributed by atoms with Crippen molar-refractivity contribution in [1.82, 2.24) is 9.97 Å². The molecule has 3 aromatic rings. The topological polar surface area (TPSA) is 64.1 Å². The molecule has 0 aliphatic heterocycles. The van der Waals surface area contributed by atoms with Gasteiger partial charge in [0, 0.05) is 6.20 Å². The minimum atomic E-state index is -0.232. The first kappa shape index (κ1) is 18.1. The van der Waals surface area contributed by atoms with Crippen molar-refractivity contribution in [3.8, 4) is 16.3 Å². The molecule has 0 atom stereocenters. The van der Waals surface area contributed by atoms with Crippen molar-refractivity contribution < 1.29 is 9.53 Å². The second-order valence-electron chi connectivity index (χ2n) is 6.18. The van der Waals surface area contributed by atoms with E-state index in [0.717, 1.165) is 27.6 Å². The average molecular weight is 367 g/mol. The van der Waals surface area contributed by atoms with Crippen molar-refractivity contribution in [2.24, 2.45) is 0 Å². The summed E-state index contributed by atoms with van der Waals surface area (Å²) in [5.41, 5.74) is 2.78. The third kappa shape index (κ3) is 4.26. The zero-order valence-electron chi connectivity index (χ0n) is 15.0. The van der Waals surface area contributed by atoms with E-state index in [9.17, 15) is 4.79 Å². The summed E-state index contributed by atoms with van der Waals surface area (Å²) in [6, 6.07) is 13.5. The third-order valence-electron chi connectivity index (χ3n) is 3.84. The Morgan fingerprint density at radius 3 is 2.69 bits per heavy atom. The molecule has 2 heterocycles. The van der Waals surface area contributed by atoms with Gasteiger partial charge in [0.2, 0.25) is 0 Å². The number of para-hydroxylation sites is 1. The first-order valence-corrected chi connectivity index (χ1v) is 9.26. The molecule has 1 N–H and O–H groups in total. The number of nitrogens with zero attached hydrogens (tertiary/aromatic N) is 2. The molecule has 0 aliphatic rings. The number of anilines is 1. The summed E-state index contributed by atoms with van der Waals surface area (Å²) < 4.78 is 5.71. The van der Waals surface area contributed by atoms with Crippen LogP contribution in [-0.2, 0) is 4.79 Å². The number of benzene rings is 1. The summed E-state index contributed by atoms with van der Waals surface area (Å²) in [5, 5.41) is 3.36. The van der Waals surface area contributed by atoms with Crippen molar-refractivity contribution >= 4 is 22.4 Å². The molecule has 134 valence electrons. The van der Waals surface area contributed by atoms with Crippen LogP contribution in [0, 0.1) is 6.92 Å². The number of carbonyl (C=O) groups is 1. The number of aryl methyl sites for hydroxylation is 1. The predicted molar refractivity (Wildman–Crippen MR) is 105 cm³/mol. The maximum absolute atomic E-state index is 12.2. The van der Waals surface area contributed by atoms with Crippen molar-refractivity contribution in [1.29, 1.82) is 0 Å². The molecule has 0 fully saturated rings. The molecule has 0 radical (unpaired) electrons. The monoisotopic (exact) mass is 367 g/mol. The molecule has 26 heavy (non-hydrogen) atoms. The van der Waals surface area contributed by atoms with Gasteiger partial charge in [-0.1, -0.05) is 49.4 Å². The molecule has 5 nitrogen and oxygen atoms in total. The van der Waals surface area contributed by atoms with Crippen LogP contribution in [0.1, 0.15) is 31.0 Å². The molecule has 2 aromatic heterocycles. The van der Waals surface area contributed by atoms with E-state index in [0.29, 0.717) is 11.0 Å². The third-order valence-corrected chi connectivity index (χ3v) is 4.94. The van der Waals surface area contributed by atoms with Crippen LogP contribution in [0.15, 0.2) is 48.7 Å². The normalized spacial score (nSPS) is 10.8. The molecule has 1 aromatic carbocycles. The van der Waals surface area contributed by atoms with Crippen LogP contribution in [0.25, 0.3) is 10.6 Å². The Hall–Kier alpha value is -2.73. The van der Waals surface area contributed by atoms with Crippen molar-refractivity contribution in [3.63, 3.8) is 0 Å². The van der Waals surface area contributed by atoms with E-state index >= 15 is 0 Å². The summed E-state index contributed by atoms with van der Waals surface area (Å²) in [6.07, 6.45) is 1.74. The predicted octanol–water partition coefficient (Wildman–Crippen LogP) is 4.65. The highest BCUT2D eigenvalue weighted by Crippen LogP contribution is 2.31. The van der Waals surface area contributed by atoms with Crippen LogP contribution in [0.2, 0.25) is 0 Å². The number of amides is 1. The van der Waals surface area contributed by atoms with Gasteiger partial charge in [0.25, 0.3) is 5.91 Å². The zero-order chi connectivity index (χ0) is 18.5. The quantitative estimate of drug-likeness (QED) is 0.688. The Labute approximate surface area is 157 Å². The van der Waals surface area contributed by atoms with Gasteiger partial charge >= 0.3 is 0 Å². The van der Waals surface area contributed by atoms with Crippen molar-refractivity contribution in [2.45, 2.75) is 26.7 Å². The van der Waals surface area contributed by atoms with E-state index < -0.39 is 0 Å². The van der Waals surface area contributed by atoms with Gasteiger partial charge in [-0.15, -0.1) is 0 Å². The van der Waals surface area contributed by atoms with Crippen LogP contribution >= 0.6 is 11.3 Å². The average Bonchev–Trinajstić information content (AvgIpc) is 3.01. The van der Waals surface area contributed by atoms with Gasteiger partial charge in [-0.3, -0.25) is 15.1 Å². The van der Waals surface area contributed by atoms with E-state index in [1.807, 2.05) is 49.4 Å². The molecule has 0 saturated heterocycles. The van der Waals surface area contributed by atoms with Gasteiger partial charge in [0.05, 0.1) is 16.3 Å². The van der Waals surface area contributed by atoms with Gasteiger partial charge < -0.3 is 4.74 Å². The highest BCUT2D eigenvalue weighted by molar-refractivity contribution is 7.19. The van der Waals surface area contributed by atoms with E-state index in [1.54, 1.807) is 6.20 Å². The number of ether oxygens (including phenoxy) is 1.